The molecule has 1 aliphatic heterocycles. The summed E-state index contributed by atoms with van der Waals surface area (Å²) >= 11 is 0. The van der Waals surface area contributed by atoms with Crippen LogP contribution >= 0.6 is 0 Å². The highest BCUT2D eigenvalue weighted by atomic mass is 15.2. The van der Waals surface area contributed by atoms with Crippen LogP contribution in [0, 0.1) is 5.41 Å². The summed E-state index contributed by atoms with van der Waals surface area (Å²) in [6.07, 6.45) is 8.37. The van der Waals surface area contributed by atoms with Gasteiger partial charge in [-0.1, -0.05) is 40.0 Å². The Labute approximate surface area is 114 Å². The number of hydrogen-bond acceptors (Lipinski definition) is 2. The van der Waals surface area contributed by atoms with Gasteiger partial charge in [-0.3, -0.25) is 4.90 Å². The lowest BCUT2D eigenvalue weighted by molar-refractivity contribution is 0.0782. The first-order chi connectivity index (χ1) is 8.43. The molecule has 1 atom stereocenters. The van der Waals surface area contributed by atoms with Crippen molar-refractivity contribution in [2.24, 2.45) is 5.41 Å². The van der Waals surface area contributed by atoms with E-state index >= 15 is 0 Å². The first kappa shape index (κ1) is 14.3. The van der Waals surface area contributed by atoms with E-state index < -0.39 is 0 Å². The summed E-state index contributed by atoms with van der Waals surface area (Å²) < 4.78 is 0. The average Bonchev–Trinajstić information content (AvgIpc) is 2.51. The quantitative estimate of drug-likeness (QED) is 0.769. The third kappa shape index (κ3) is 3.27. The van der Waals surface area contributed by atoms with Crippen molar-refractivity contribution >= 4 is 0 Å². The minimum absolute atomic E-state index is 0.389. The van der Waals surface area contributed by atoms with E-state index in [1.165, 1.54) is 58.2 Å². The van der Waals surface area contributed by atoms with E-state index in [2.05, 4.69) is 37.9 Å². The zero-order valence-corrected chi connectivity index (χ0v) is 12.9. The van der Waals surface area contributed by atoms with E-state index in [0.29, 0.717) is 17.0 Å². The third-order valence-corrected chi connectivity index (χ3v) is 5.24. The van der Waals surface area contributed by atoms with Crippen LogP contribution < -0.4 is 5.32 Å². The average molecular weight is 252 g/mol. The van der Waals surface area contributed by atoms with Gasteiger partial charge < -0.3 is 5.32 Å². The molecule has 1 spiro atoms. The van der Waals surface area contributed by atoms with Crippen molar-refractivity contribution in [3.05, 3.63) is 0 Å². The van der Waals surface area contributed by atoms with Gasteiger partial charge in [0, 0.05) is 18.1 Å². The van der Waals surface area contributed by atoms with Crippen molar-refractivity contribution in [2.75, 3.05) is 19.6 Å². The third-order valence-electron chi connectivity index (χ3n) is 5.24. The molecule has 2 fully saturated rings. The van der Waals surface area contributed by atoms with Crippen molar-refractivity contribution in [2.45, 2.75) is 77.8 Å². The molecule has 0 aromatic rings. The van der Waals surface area contributed by atoms with Gasteiger partial charge in [-0.25, -0.2) is 0 Å². The highest BCUT2D eigenvalue weighted by Gasteiger charge is 2.38. The zero-order valence-electron chi connectivity index (χ0n) is 12.9. The maximum absolute atomic E-state index is 3.89. The van der Waals surface area contributed by atoms with Gasteiger partial charge in [-0.15, -0.1) is 0 Å². The normalized spacial score (nSPS) is 28.0. The van der Waals surface area contributed by atoms with Crippen molar-refractivity contribution < 1.29 is 0 Å². The summed E-state index contributed by atoms with van der Waals surface area (Å²) in [5.41, 5.74) is 0.828. The predicted molar refractivity (Wildman–Crippen MR) is 78.9 cm³/mol. The second-order valence-electron chi connectivity index (χ2n) is 7.63. The van der Waals surface area contributed by atoms with E-state index in [1.54, 1.807) is 0 Å². The molecule has 2 rings (SSSR count). The predicted octanol–water partition coefficient (Wildman–Crippen LogP) is 3.42. The molecule has 1 aliphatic carbocycles. The summed E-state index contributed by atoms with van der Waals surface area (Å²) in [5.74, 6) is 0. The molecule has 0 radical (unpaired) electrons. The second kappa shape index (κ2) is 5.50. The molecule has 2 heteroatoms. The van der Waals surface area contributed by atoms with Crippen LogP contribution in [0.4, 0.5) is 0 Å². The fraction of sp³-hybridized carbons (Fsp3) is 1.00. The highest BCUT2D eigenvalue weighted by molar-refractivity contribution is 4.97. The minimum Gasteiger partial charge on any atom is -0.310 e. The van der Waals surface area contributed by atoms with Gasteiger partial charge in [0.15, 0.2) is 0 Å². The Bertz CT molecular complexity index is 261. The fourth-order valence-corrected chi connectivity index (χ4v) is 3.60. The van der Waals surface area contributed by atoms with Crippen LogP contribution in [0.5, 0.6) is 0 Å². The molecule has 1 saturated carbocycles. The molecule has 1 heterocycles. The fourth-order valence-electron chi connectivity index (χ4n) is 3.60. The molecule has 106 valence electrons. The van der Waals surface area contributed by atoms with E-state index in [0.717, 1.165) is 0 Å². The van der Waals surface area contributed by atoms with Gasteiger partial charge in [0.05, 0.1) is 0 Å². The van der Waals surface area contributed by atoms with Gasteiger partial charge in [0.25, 0.3) is 0 Å². The Kier molecular flexibility index (Phi) is 4.38. The Balaban J connectivity index is 2.07. The van der Waals surface area contributed by atoms with Crippen molar-refractivity contribution in [3.63, 3.8) is 0 Å². The van der Waals surface area contributed by atoms with Gasteiger partial charge >= 0.3 is 0 Å². The molecule has 1 saturated heterocycles. The van der Waals surface area contributed by atoms with Crippen molar-refractivity contribution in [1.82, 2.24) is 10.2 Å². The lowest BCUT2D eigenvalue weighted by Gasteiger charge is -2.44. The smallest absolute Gasteiger partial charge is 0.0308 e. The number of hydrogen-bond donors (Lipinski definition) is 1. The van der Waals surface area contributed by atoms with Crippen LogP contribution in [0.3, 0.4) is 0 Å². The standard InChI is InChI=1S/C16H32N2/c1-14(15(2,3)4)18-12-8-11-17-16(13-18)9-6-5-7-10-16/h14,17H,5-13H2,1-4H3. The largest absolute Gasteiger partial charge is 0.310 e. The highest BCUT2D eigenvalue weighted by Crippen LogP contribution is 2.33. The number of nitrogens with one attached hydrogen (secondary N) is 1. The van der Waals surface area contributed by atoms with E-state index in [9.17, 15) is 0 Å². The summed E-state index contributed by atoms with van der Waals surface area (Å²) in [7, 11) is 0. The van der Waals surface area contributed by atoms with Crippen LogP contribution in [-0.4, -0.2) is 36.1 Å². The van der Waals surface area contributed by atoms with Crippen molar-refractivity contribution in [3.8, 4) is 0 Å². The Morgan fingerprint density at radius 2 is 1.72 bits per heavy atom. The van der Waals surface area contributed by atoms with Crippen LogP contribution in [0.2, 0.25) is 0 Å². The van der Waals surface area contributed by atoms with Crippen molar-refractivity contribution in [1.29, 1.82) is 0 Å². The van der Waals surface area contributed by atoms with Gasteiger partial charge in [0.2, 0.25) is 0 Å². The van der Waals surface area contributed by atoms with Gasteiger partial charge in [-0.05, 0) is 44.7 Å². The summed E-state index contributed by atoms with van der Waals surface area (Å²) in [6.45, 7) is 13.3. The molecule has 0 aromatic carbocycles. The van der Waals surface area contributed by atoms with Crippen LogP contribution in [0.25, 0.3) is 0 Å². The maximum atomic E-state index is 3.89. The van der Waals surface area contributed by atoms with Gasteiger partial charge in [0.1, 0.15) is 0 Å². The molecule has 0 bridgehead atoms. The number of nitrogens with zero attached hydrogens (tertiary/aromatic N) is 1. The molecule has 1 unspecified atom stereocenters. The molecule has 0 aromatic heterocycles. The molecule has 1 N–H and O–H groups in total. The maximum Gasteiger partial charge on any atom is 0.0308 e. The molecule has 2 nitrogen and oxygen atoms in total. The van der Waals surface area contributed by atoms with Gasteiger partial charge in [-0.2, -0.15) is 0 Å². The molecule has 18 heavy (non-hydrogen) atoms. The van der Waals surface area contributed by atoms with Crippen LogP contribution in [0.1, 0.15) is 66.2 Å². The number of rotatable bonds is 1. The van der Waals surface area contributed by atoms with E-state index in [-0.39, 0.29) is 0 Å². The molecule has 0 amide bonds. The minimum atomic E-state index is 0.389. The zero-order chi connectivity index (χ0) is 13.2. The summed E-state index contributed by atoms with van der Waals surface area (Å²) in [6, 6.07) is 0.677. The van der Waals surface area contributed by atoms with E-state index in [1.807, 2.05) is 0 Å². The first-order valence-electron chi connectivity index (χ1n) is 7.92. The molecule has 2 aliphatic rings. The Morgan fingerprint density at radius 3 is 2.33 bits per heavy atom. The SMILES string of the molecule is CC(N1CCCNC2(CCCCC2)C1)C(C)(C)C. The first-order valence-corrected chi connectivity index (χ1v) is 7.92. The Hall–Kier alpha value is -0.0800. The lowest BCUT2D eigenvalue weighted by Crippen LogP contribution is -2.55. The van der Waals surface area contributed by atoms with Crippen LogP contribution in [0.15, 0.2) is 0 Å². The second-order valence-corrected chi connectivity index (χ2v) is 7.63. The monoisotopic (exact) mass is 252 g/mol. The summed E-state index contributed by atoms with van der Waals surface area (Å²) in [4.78, 5) is 2.76. The molecular formula is C16H32N2. The van der Waals surface area contributed by atoms with Crippen LogP contribution in [-0.2, 0) is 0 Å². The Morgan fingerprint density at radius 1 is 1.06 bits per heavy atom. The van der Waals surface area contributed by atoms with E-state index in [4.69, 9.17) is 0 Å². The lowest BCUT2D eigenvalue weighted by atomic mass is 9.80. The summed E-state index contributed by atoms with van der Waals surface area (Å²) in [5, 5.41) is 3.89. The topological polar surface area (TPSA) is 15.3 Å². The molecular weight excluding hydrogens is 220 g/mol.